The Balaban J connectivity index is 1.17. The molecule has 22 atom stereocenters. The molecule has 2 heterocycles. The minimum Gasteiger partial charge on any atom is -0.312 e. The molecule has 2 saturated heterocycles. The zero-order valence-corrected chi connectivity index (χ0v) is 44.3. The van der Waals surface area contributed by atoms with Crippen LogP contribution in [0.4, 0.5) is 0 Å². The summed E-state index contributed by atoms with van der Waals surface area (Å²) in [5.41, 5.74) is 0.588. The van der Waals surface area contributed by atoms with E-state index >= 15 is 0 Å². The summed E-state index contributed by atoms with van der Waals surface area (Å²) in [4.78, 5) is 0. The van der Waals surface area contributed by atoms with E-state index in [9.17, 15) is 0 Å². The van der Waals surface area contributed by atoms with Gasteiger partial charge in [-0.15, -0.1) is 0 Å². The topological polar surface area (TPSA) is 55.4 Å². The molecule has 350 valence electrons. The summed E-state index contributed by atoms with van der Waals surface area (Å²) >= 11 is 0. The van der Waals surface area contributed by atoms with Crippen LogP contribution in [0.3, 0.4) is 0 Å². The smallest absolute Gasteiger partial charge is 0.312 e. The summed E-state index contributed by atoms with van der Waals surface area (Å²) in [7, 11) is -2.98. The molecule has 6 fully saturated rings. The van der Waals surface area contributed by atoms with E-state index in [2.05, 4.69) is 138 Å². The first kappa shape index (κ1) is 50.0. The van der Waals surface area contributed by atoms with Crippen LogP contribution in [0.25, 0.3) is 0 Å². The van der Waals surface area contributed by atoms with Crippen molar-refractivity contribution >= 4 is 17.2 Å². The molecule has 0 N–H and O–H groups in total. The van der Waals surface area contributed by atoms with Crippen LogP contribution in [0.1, 0.15) is 177 Å². The van der Waals surface area contributed by atoms with Crippen molar-refractivity contribution in [3.63, 3.8) is 0 Å². The average Bonchev–Trinajstić information content (AvgIpc) is 3.39. The van der Waals surface area contributed by atoms with Gasteiger partial charge in [0.2, 0.25) is 0 Å². The molecule has 0 spiro atoms. The van der Waals surface area contributed by atoms with Crippen molar-refractivity contribution in [1.82, 2.24) is 0 Å². The summed E-state index contributed by atoms with van der Waals surface area (Å²) in [6, 6.07) is 0. The first-order valence-electron chi connectivity index (χ1n) is 25.2. The van der Waals surface area contributed by atoms with E-state index in [0.29, 0.717) is 108 Å². The predicted molar refractivity (Wildman–Crippen MR) is 252 cm³/mol. The summed E-state index contributed by atoms with van der Waals surface area (Å²) in [5.74, 6) is 8.76. The van der Waals surface area contributed by atoms with Gasteiger partial charge in [-0.25, -0.2) is 0 Å². The van der Waals surface area contributed by atoms with Crippen LogP contribution in [0, 0.1) is 116 Å². The molecule has 4 saturated carbocycles. The second-order valence-electron chi connectivity index (χ2n) is 26.6. The van der Waals surface area contributed by atoms with Gasteiger partial charge < -0.3 is 27.1 Å². The molecule has 8 heteroatoms. The maximum Gasteiger partial charge on any atom is 0.333 e. The highest BCUT2D eigenvalue weighted by Crippen LogP contribution is 2.66. The van der Waals surface area contributed by atoms with Crippen LogP contribution in [0.5, 0.6) is 0 Å². The molecule has 0 aromatic rings. The van der Waals surface area contributed by atoms with E-state index in [4.69, 9.17) is 27.1 Å². The lowest BCUT2D eigenvalue weighted by atomic mass is 9.51. The van der Waals surface area contributed by atoms with Crippen LogP contribution in [0.2, 0.25) is 0 Å². The SMILES string of the molecule is CC1C[C@@H](C(C)(C)C)C2OP(OCCCCOP3OC4C(C5C(C)C(C)C[C@@H](C(C)(C)C)C5O3)[C@H](C)[C@H](C)CC4C(C)(C)C)OC3C(C2C1C)[C@H](C)[C@H](C)CC3C(C)(C)C. The monoisotopic (exact) mass is 879 g/mol. The Kier molecular flexibility index (Phi) is 15.6. The molecule has 4 aliphatic carbocycles. The number of hydrogen-bond acceptors (Lipinski definition) is 6. The molecule has 2 aliphatic heterocycles. The van der Waals surface area contributed by atoms with Crippen LogP contribution < -0.4 is 0 Å². The van der Waals surface area contributed by atoms with Crippen molar-refractivity contribution in [3.8, 4) is 0 Å². The van der Waals surface area contributed by atoms with Crippen molar-refractivity contribution in [2.75, 3.05) is 13.2 Å². The second-order valence-corrected chi connectivity index (χ2v) is 28.8. The minimum absolute atomic E-state index is 0.147. The van der Waals surface area contributed by atoms with Crippen LogP contribution >= 0.6 is 17.2 Å². The Bertz CT molecular complexity index is 1200. The van der Waals surface area contributed by atoms with E-state index in [-0.39, 0.29) is 46.1 Å². The molecule has 0 aromatic carbocycles. The lowest BCUT2D eigenvalue weighted by Gasteiger charge is -2.56. The van der Waals surface area contributed by atoms with Crippen molar-refractivity contribution in [2.24, 2.45) is 116 Å². The summed E-state index contributed by atoms with van der Waals surface area (Å²) in [6.07, 6.45) is 7.20. The summed E-state index contributed by atoms with van der Waals surface area (Å²) in [5, 5.41) is 0. The largest absolute Gasteiger partial charge is 0.333 e. The van der Waals surface area contributed by atoms with Crippen molar-refractivity contribution in [3.05, 3.63) is 0 Å². The normalized spacial score (nSPS) is 48.2. The molecule has 16 unspecified atom stereocenters. The first-order chi connectivity index (χ1) is 27.6. The Morgan fingerprint density at radius 3 is 0.750 bits per heavy atom. The van der Waals surface area contributed by atoms with Crippen LogP contribution in [-0.2, 0) is 27.1 Å². The maximum absolute atomic E-state index is 7.29. The third-order valence-electron chi connectivity index (χ3n) is 18.7. The van der Waals surface area contributed by atoms with E-state index in [1.165, 1.54) is 25.7 Å². The van der Waals surface area contributed by atoms with Gasteiger partial charge in [0.25, 0.3) is 0 Å². The molecule has 0 radical (unpaired) electrons. The third kappa shape index (κ3) is 10.3. The van der Waals surface area contributed by atoms with E-state index in [0.717, 1.165) is 12.8 Å². The molecular formula is C52H96O6P2. The van der Waals surface area contributed by atoms with Crippen LogP contribution in [-0.4, -0.2) is 37.6 Å². The van der Waals surface area contributed by atoms with Gasteiger partial charge in [-0.2, -0.15) is 0 Å². The number of fused-ring (bicyclic) bond motifs is 6. The van der Waals surface area contributed by atoms with E-state index in [1.807, 2.05) is 0 Å². The Morgan fingerprint density at radius 2 is 0.567 bits per heavy atom. The minimum atomic E-state index is -1.49. The number of unbranched alkanes of at least 4 members (excludes halogenated alkanes) is 1. The van der Waals surface area contributed by atoms with Crippen LogP contribution in [0.15, 0.2) is 0 Å². The van der Waals surface area contributed by atoms with E-state index in [1.54, 1.807) is 0 Å². The van der Waals surface area contributed by atoms with E-state index < -0.39 is 17.2 Å². The lowest BCUT2D eigenvalue weighted by molar-refractivity contribution is -0.123. The van der Waals surface area contributed by atoms with Gasteiger partial charge in [0.05, 0.1) is 37.6 Å². The predicted octanol–water partition coefficient (Wildman–Crippen LogP) is 15.6. The zero-order valence-electron chi connectivity index (χ0n) is 42.5. The summed E-state index contributed by atoms with van der Waals surface area (Å²) in [6.45, 7) is 50.5. The molecule has 0 amide bonds. The van der Waals surface area contributed by atoms with Crippen molar-refractivity contribution in [1.29, 1.82) is 0 Å². The Labute approximate surface area is 374 Å². The van der Waals surface area contributed by atoms with Gasteiger partial charge in [-0.05, 0) is 155 Å². The highest BCUT2D eigenvalue weighted by Gasteiger charge is 2.61. The van der Waals surface area contributed by atoms with Gasteiger partial charge in [-0.3, -0.25) is 0 Å². The van der Waals surface area contributed by atoms with Gasteiger partial charge in [0.1, 0.15) is 0 Å². The van der Waals surface area contributed by atoms with Gasteiger partial charge >= 0.3 is 17.2 Å². The molecule has 0 aromatic heterocycles. The fourth-order valence-corrected chi connectivity index (χ4v) is 16.9. The second kappa shape index (κ2) is 18.7. The Hall–Kier alpha value is 0.620. The highest BCUT2D eigenvalue weighted by molar-refractivity contribution is 7.42. The molecule has 6 aliphatic rings. The quantitative estimate of drug-likeness (QED) is 0.188. The zero-order chi connectivity index (χ0) is 44.6. The van der Waals surface area contributed by atoms with Gasteiger partial charge in [0.15, 0.2) is 0 Å². The first-order valence-corrected chi connectivity index (χ1v) is 27.3. The molecule has 0 bridgehead atoms. The third-order valence-corrected chi connectivity index (χ3v) is 21.2. The highest BCUT2D eigenvalue weighted by atomic mass is 31.2. The fraction of sp³-hybridized carbons (Fsp3) is 1.00. The maximum atomic E-state index is 7.29. The van der Waals surface area contributed by atoms with Crippen molar-refractivity contribution < 1.29 is 27.1 Å². The molecule has 60 heavy (non-hydrogen) atoms. The summed E-state index contributed by atoms with van der Waals surface area (Å²) < 4.78 is 42.8. The van der Waals surface area contributed by atoms with Gasteiger partial charge in [0, 0.05) is 0 Å². The molecular weight excluding hydrogens is 783 g/mol. The molecule has 6 nitrogen and oxygen atoms in total. The van der Waals surface area contributed by atoms with Crippen molar-refractivity contribution in [2.45, 2.75) is 201 Å². The lowest BCUT2D eigenvalue weighted by Crippen LogP contribution is -2.56. The molecule has 6 rings (SSSR count). The fourth-order valence-electron chi connectivity index (χ4n) is 14.1. The number of hydrogen-bond donors (Lipinski definition) is 0. The number of rotatable bonds is 7. The van der Waals surface area contributed by atoms with Gasteiger partial charge in [-0.1, -0.05) is 138 Å². The average molecular weight is 879 g/mol. The standard InChI is InChI=1S/C52H96O6P2/c1-29-25-37(49(9,10)11)45-41(33(29)5)42-34(6)30(2)26-38(50(12,13)14)46(42)56-59(55-45)53-23-21-22-24-54-60-57-47-39(51(15,16)17)27-31(3)35(7)43(47)44-36(8)32(4)28-40(48(44)58-60)52(18,19)20/h29-48H,21-28H2,1-20H3/t29-,30?,31-,32?,33-,34?,35-,36?,37?,38-,39?,40-,41?,42?,43?,44?,45?,46?,47?,48?,59?,60?/m1/s1. The Morgan fingerprint density at radius 1 is 0.367 bits per heavy atom.